The molecule has 2 heterocycles. The van der Waals surface area contributed by atoms with Crippen LogP contribution in [0.25, 0.3) is 0 Å². The van der Waals surface area contributed by atoms with E-state index in [0.29, 0.717) is 31.6 Å². The third kappa shape index (κ3) is 2.06. The number of carbonyl (C=O) groups excluding carboxylic acids is 1. The summed E-state index contributed by atoms with van der Waals surface area (Å²) in [6.07, 6.45) is 6.08. The summed E-state index contributed by atoms with van der Waals surface area (Å²) < 4.78 is 12.8. The second-order valence-electron chi connectivity index (χ2n) is 9.43. The molecule has 0 radical (unpaired) electrons. The topological polar surface area (TPSA) is 79.2 Å². The number of piperidine rings is 1. The van der Waals surface area contributed by atoms with Crippen molar-refractivity contribution in [2.45, 2.75) is 61.7 Å². The highest BCUT2D eigenvalue weighted by Crippen LogP contribution is 2.67. The molecule has 0 aromatic heterocycles. The van der Waals surface area contributed by atoms with Gasteiger partial charge in [-0.25, -0.2) is 0 Å². The maximum Gasteiger partial charge on any atom is 0.174 e. The van der Waals surface area contributed by atoms with E-state index in [-0.39, 0.29) is 23.3 Å². The molecule has 3 fully saturated rings. The van der Waals surface area contributed by atoms with Crippen LogP contribution in [0.5, 0.6) is 17.2 Å². The molecule has 2 N–H and O–H groups in total. The lowest BCUT2D eigenvalue weighted by atomic mass is 9.48. The van der Waals surface area contributed by atoms with Gasteiger partial charge in [0.25, 0.3) is 0 Å². The van der Waals surface area contributed by atoms with E-state index in [0.717, 1.165) is 36.6 Å². The van der Waals surface area contributed by atoms with Gasteiger partial charge in [-0.15, -0.1) is 6.58 Å². The van der Waals surface area contributed by atoms with Gasteiger partial charge in [0.2, 0.25) is 0 Å². The monoisotopic (exact) mass is 397 g/mol. The summed E-state index contributed by atoms with van der Waals surface area (Å²) in [6, 6.07) is 1.44. The van der Waals surface area contributed by atoms with Crippen molar-refractivity contribution < 1.29 is 24.5 Å². The van der Waals surface area contributed by atoms with E-state index in [2.05, 4.69) is 11.5 Å². The van der Waals surface area contributed by atoms with Crippen molar-refractivity contribution in [2.75, 3.05) is 19.7 Å². The molecule has 1 unspecified atom stereocenters. The first kappa shape index (κ1) is 17.8. The predicted octanol–water partition coefficient (Wildman–Crippen LogP) is 2.44. The van der Waals surface area contributed by atoms with E-state index in [1.165, 1.54) is 18.9 Å². The summed E-state index contributed by atoms with van der Waals surface area (Å²) in [5, 5.41) is 21.3. The third-order valence-electron chi connectivity index (χ3n) is 8.08. The van der Waals surface area contributed by atoms with Crippen molar-refractivity contribution >= 4 is 5.78 Å². The fourth-order valence-electron chi connectivity index (χ4n) is 6.80. The Morgan fingerprint density at radius 3 is 2.90 bits per heavy atom. The van der Waals surface area contributed by atoms with E-state index < -0.39 is 17.1 Å². The first-order valence-electron chi connectivity index (χ1n) is 10.8. The molecule has 2 aliphatic heterocycles. The Hall–Kier alpha value is -2.05. The molecule has 1 aromatic carbocycles. The second-order valence-corrected chi connectivity index (χ2v) is 9.43. The average molecular weight is 397 g/mol. The van der Waals surface area contributed by atoms with Gasteiger partial charge in [0, 0.05) is 36.2 Å². The number of likely N-dealkylation sites (tertiary alicyclic amines) is 1. The number of rotatable bonds is 5. The minimum absolute atomic E-state index is 0.0696. The second kappa shape index (κ2) is 5.76. The summed E-state index contributed by atoms with van der Waals surface area (Å²) >= 11 is 0. The zero-order valence-corrected chi connectivity index (χ0v) is 16.5. The Kier molecular flexibility index (Phi) is 3.53. The number of hydrogen-bond acceptors (Lipinski definition) is 6. The first-order chi connectivity index (χ1) is 14.0. The number of phenolic OH excluding ortho intramolecular Hbond substituents is 2. The lowest BCUT2D eigenvalue weighted by Gasteiger charge is -2.64. The molecule has 3 aliphatic carbocycles. The molecule has 1 saturated heterocycles. The van der Waals surface area contributed by atoms with Crippen LogP contribution in [0.2, 0.25) is 0 Å². The highest BCUT2D eigenvalue weighted by Gasteiger charge is 2.74. The van der Waals surface area contributed by atoms with Gasteiger partial charge < -0.3 is 19.7 Å². The fraction of sp³-hybridized carbons (Fsp3) is 0.609. The molecule has 6 nitrogen and oxygen atoms in total. The molecule has 0 amide bonds. The van der Waals surface area contributed by atoms with Gasteiger partial charge in [-0.05, 0) is 44.6 Å². The zero-order chi connectivity index (χ0) is 20.0. The Morgan fingerprint density at radius 2 is 2.14 bits per heavy atom. The van der Waals surface area contributed by atoms with Crippen LogP contribution >= 0.6 is 0 Å². The maximum atomic E-state index is 13.0. The smallest absolute Gasteiger partial charge is 0.174 e. The number of aromatic hydroxyl groups is 2. The zero-order valence-electron chi connectivity index (χ0n) is 16.5. The van der Waals surface area contributed by atoms with Crippen LogP contribution in [0.1, 0.15) is 43.2 Å². The molecule has 4 atom stereocenters. The SMILES string of the molecule is C=CCO[C@@]12CCC(=O)C3Oc4c(O)cc(O)c5c4[C@@]31CCN(CC1CC1)[C@@H]2C5. The summed E-state index contributed by atoms with van der Waals surface area (Å²) in [5.41, 5.74) is 0.401. The van der Waals surface area contributed by atoms with E-state index in [9.17, 15) is 15.0 Å². The van der Waals surface area contributed by atoms with Crippen molar-refractivity contribution in [1.82, 2.24) is 4.90 Å². The number of ketones is 1. The third-order valence-corrected chi connectivity index (χ3v) is 8.08. The Bertz CT molecular complexity index is 920. The Balaban J connectivity index is 1.60. The molecule has 29 heavy (non-hydrogen) atoms. The van der Waals surface area contributed by atoms with Gasteiger partial charge in [0.05, 0.1) is 17.6 Å². The van der Waals surface area contributed by atoms with E-state index in [4.69, 9.17) is 9.47 Å². The van der Waals surface area contributed by atoms with Gasteiger partial charge in [-0.3, -0.25) is 9.69 Å². The van der Waals surface area contributed by atoms with Crippen LogP contribution in [0.3, 0.4) is 0 Å². The van der Waals surface area contributed by atoms with Crippen LogP contribution in [0.4, 0.5) is 0 Å². The minimum Gasteiger partial charge on any atom is -0.508 e. The number of hydrogen-bond donors (Lipinski definition) is 2. The molecule has 5 aliphatic rings. The number of nitrogens with zero attached hydrogens (tertiary/aromatic N) is 1. The van der Waals surface area contributed by atoms with Gasteiger partial charge >= 0.3 is 0 Å². The molecule has 1 spiro atoms. The van der Waals surface area contributed by atoms with E-state index in [1.54, 1.807) is 6.08 Å². The summed E-state index contributed by atoms with van der Waals surface area (Å²) in [5.74, 6) is 1.19. The quantitative estimate of drug-likeness (QED) is 0.743. The van der Waals surface area contributed by atoms with E-state index in [1.807, 2.05) is 0 Å². The first-order valence-corrected chi connectivity index (χ1v) is 10.8. The van der Waals surface area contributed by atoms with Crippen LogP contribution in [-0.4, -0.2) is 58.3 Å². The van der Waals surface area contributed by atoms with Crippen molar-refractivity contribution in [1.29, 1.82) is 0 Å². The largest absolute Gasteiger partial charge is 0.508 e. The van der Waals surface area contributed by atoms with Gasteiger partial charge in [-0.1, -0.05) is 6.08 Å². The van der Waals surface area contributed by atoms with Gasteiger partial charge in [-0.2, -0.15) is 0 Å². The maximum absolute atomic E-state index is 13.0. The normalized spacial score (nSPS) is 37.2. The summed E-state index contributed by atoms with van der Waals surface area (Å²) in [4.78, 5) is 15.6. The van der Waals surface area contributed by atoms with Crippen molar-refractivity contribution in [3.63, 3.8) is 0 Å². The highest BCUT2D eigenvalue weighted by molar-refractivity contribution is 5.90. The summed E-state index contributed by atoms with van der Waals surface area (Å²) in [7, 11) is 0. The molecule has 2 bridgehead atoms. The van der Waals surface area contributed by atoms with Crippen LogP contribution in [0, 0.1) is 5.92 Å². The van der Waals surface area contributed by atoms with Crippen molar-refractivity contribution in [3.8, 4) is 17.2 Å². The molecule has 6 rings (SSSR count). The summed E-state index contributed by atoms with van der Waals surface area (Å²) in [6.45, 7) is 6.18. The van der Waals surface area contributed by atoms with Gasteiger partial charge in [0.15, 0.2) is 23.4 Å². The fourth-order valence-corrected chi connectivity index (χ4v) is 6.80. The van der Waals surface area contributed by atoms with Crippen molar-refractivity contribution in [2.24, 2.45) is 5.92 Å². The van der Waals surface area contributed by atoms with E-state index >= 15 is 0 Å². The Morgan fingerprint density at radius 1 is 1.31 bits per heavy atom. The highest BCUT2D eigenvalue weighted by atomic mass is 16.5. The van der Waals surface area contributed by atoms with Crippen LogP contribution < -0.4 is 4.74 Å². The minimum atomic E-state index is -0.659. The molecular formula is C23H27NO5. The van der Waals surface area contributed by atoms with Gasteiger partial charge in [0.1, 0.15) is 5.75 Å². The number of phenols is 2. The molecule has 1 aromatic rings. The van der Waals surface area contributed by atoms with Crippen LogP contribution in [0.15, 0.2) is 18.7 Å². The molecule has 2 saturated carbocycles. The molecule has 154 valence electrons. The molecular weight excluding hydrogens is 370 g/mol. The predicted molar refractivity (Wildman–Crippen MR) is 105 cm³/mol. The van der Waals surface area contributed by atoms with Crippen LogP contribution in [-0.2, 0) is 21.4 Å². The average Bonchev–Trinajstić information content (AvgIpc) is 3.44. The lowest BCUT2D eigenvalue weighted by molar-refractivity contribution is -0.209. The van der Waals surface area contributed by atoms with Crippen molar-refractivity contribution in [3.05, 3.63) is 29.8 Å². The number of ether oxygens (including phenoxy) is 2. The number of benzene rings is 1. The number of carbonyl (C=O) groups is 1. The number of Topliss-reactive ketones (excluding diaryl/α,β-unsaturated/α-hetero) is 1. The molecule has 6 heteroatoms. The Labute approximate surface area is 170 Å². The standard InChI is InChI=1S/C23H27NO5/c1-2-9-28-23-6-5-15(25)21-22(23)7-8-24(12-13-3-4-13)18(23)10-14-16(26)11-17(27)20(29-21)19(14)22/h2,11,13,18,21,26-27H,1,3-10,12H2/t18-,21?,22+,23-/m1/s1. The lowest BCUT2D eigenvalue weighted by Crippen LogP contribution is -2.77.